The third-order valence-corrected chi connectivity index (χ3v) is 3.97. The number of para-hydroxylation sites is 3. The molecule has 0 saturated carbocycles. The normalized spacial score (nSPS) is 11.5. The molecule has 0 N–H and O–H groups in total. The predicted octanol–water partition coefficient (Wildman–Crippen LogP) is 3.02. The van der Waals surface area contributed by atoms with E-state index in [1.165, 1.54) is 28.1 Å². The minimum absolute atomic E-state index is 1.17. The number of hydrogen-bond donors (Lipinski definition) is 0. The van der Waals surface area contributed by atoms with Gasteiger partial charge in [0.25, 0.3) is 0 Å². The van der Waals surface area contributed by atoms with Crippen molar-refractivity contribution in [2.75, 3.05) is 0 Å². The maximum Gasteiger partial charge on any atom is 0.374 e. The molecule has 0 radical (unpaired) electrons. The number of aromatic nitrogens is 3. The third kappa shape index (κ3) is 1.37. The maximum absolute atomic E-state index is 2.25. The van der Waals surface area contributed by atoms with Gasteiger partial charge < -0.3 is 0 Å². The summed E-state index contributed by atoms with van der Waals surface area (Å²) >= 11 is 0. The van der Waals surface area contributed by atoms with Crippen LogP contribution in [0.2, 0.25) is 0 Å². The van der Waals surface area contributed by atoms with E-state index < -0.39 is 0 Å². The second-order valence-electron chi connectivity index (χ2n) is 5.17. The molecular weight excluding hydrogens is 246 g/mol. The van der Waals surface area contributed by atoms with Crippen molar-refractivity contribution < 1.29 is 4.57 Å². The van der Waals surface area contributed by atoms with Crippen LogP contribution in [0.1, 0.15) is 5.56 Å². The molecule has 2 aromatic heterocycles. The molecule has 2 heterocycles. The molecule has 4 aromatic rings. The van der Waals surface area contributed by atoms with Gasteiger partial charge in [0.15, 0.2) is 0 Å². The minimum Gasteiger partial charge on any atom is -0.230 e. The van der Waals surface area contributed by atoms with Gasteiger partial charge in [-0.25, -0.2) is 9.13 Å². The van der Waals surface area contributed by atoms with E-state index in [0.717, 1.165) is 0 Å². The number of nitrogens with zero attached hydrogens (tertiary/aromatic N) is 3. The van der Waals surface area contributed by atoms with Gasteiger partial charge in [-0.15, -0.1) is 0 Å². The third-order valence-electron chi connectivity index (χ3n) is 3.97. The van der Waals surface area contributed by atoms with Gasteiger partial charge in [0.2, 0.25) is 0 Å². The zero-order valence-corrected chi connectivity index (χ0v) is 11.6. The van der Waals surface area contributed by atoms with Crippen molar-refractivity contribution in [3.05, 3.63) is 66.5 Å². The molecule has 3 nitrogen and oxygen atoms in total. The summed E-state index contributed by atoms with van der Waals surface area (Å²) in [5.74, 6) is 1.17. The smallest absolute Gasteiger partial charge is 0.230 e. The van der Waals surface area contributed by atoms with Crippen LogP contribution in [0, 0.1) is 6.92 Å². The topological polar surface area (TPSA) is 13.2 Å². The van der Waals surface area contributed by atoms with Crippen molar-refractivity contribution in [3.8, 4) is 5.69 Å². The van der Waals surface area contributed by atoms with E-state index in [1.807, 2.05) is 0 Å². The molecule has 0 amide bonds. The molecular formula is C17H16N3+. The minimum atomic E-state index is 1.17. The Balaban J connectivity index is 2.15. The first-order valence-electron chi connectivity index (χ1n) is 6.79. The van der Waals surface area contributed by atoms with Crippen LogP contribution in [0.3, 0.4) is 0 Å². The molecule has 4 rings (SSSR count). The summed E-state index contributed by atoms with van der Waals surface area (Å²) in [7, 11) is 2.12. The van der Waals surface area contributed by atoms with Crippen molar-refractivity contribution in [2.45, 2.75) is 6.92 Å². The van der Waals surface area contributed by atoms with Crippen LogP contribution in [0.15, 0.2) is 60.9 Å². The first-order chi connectivity index (χ1) is 9.77. The molecule has 0 aliphatic rings. The van der Waals surface area contributed by atoms with Gasteiger partial charge in [-0.2, -0.15) is 4.40 Å². The summed E-state index contributed by atoms with van der Waals surface area (Å²) in [6.07, 6.45) is 4.26. The molecule has 3 heteroatoms. The Bertz CT molecular complexity index is 928. The SMILES string of the molecule is Cc1ccccc1-n1ccn2c3ccccc3[n+](C)c12. The lowest BCUT2D eigenvalue weighted by atomic mass is 10.2. The Hall–Kier alpha value is -2.55. The van der Waals surface area contributed by atoms with Crippen molar-refractivity contribution in [3.63, 3.8) is 0 Å². The van der Waals surface area contributed by atoms with Crippen LogP contribution in [-0.2, 0) is 7.05 Å². The summed E-state index contributed by atoms with van der Waals surface area (Å²) in [6, 6.07) is 17.0. The number of fused-ring (bicyclic) bond motifs is 3. The monoisotopic (exact) mass is 262 g/mol. The van der Waals surface area contributed by atoms with E-state index in [1.54, 1.807) is 0 Å². The molecule has 20 heavy (non-hydrogen) atoms. The van der Waals surface area contributed by atoms with Crippen molar-refractivity contribution in [2.24, 2.45) is 7.05 Å². The zero-order valence-electron chi connectivity index (χ0n) is 11.6. The molecule has 98 valence electrons. The number of hydrogen-bond acceptors (Lipinski definition) is 0. The lowest BCUT2D eigenvalue weighted by Crippen LogP contribution is -2.29. The molecule has 0 spiro atoms. The largest absolute Gasteiger partial charge is 0.374 e. The molecule has 0 fully saturated rings. The van der Waals surface area contributed by atoms with Crippen LogP contribution in [0.25, 0.3) is 22.5 Å². The highest BCUT2D eigenvalue weighted by Crippen LogP contribution is 2.20. The van der Waals surface area contributed by atoms with E-state index >= 15 is 0 Å². The van der Waals surface area contributed by atoms with Gasteiger partial charge in [-0.05, 0) is 30.7 Å². The Morgan fingerprint density at radius 3 is 2.50 bits per heavy atom. The first-order valence-corrected chi connectivity index (χ1v) is 6.79. The Morgan fingerprint density at radius 2 is 1.65 bits per heavy atom. The molecule has 0 unspecified atom stereocenters. The lowest BCUT2D eigenvalue weighted by molar-refractivity contribution is -0.620. The summed E-state index contributed by atoms with van der Waals surface area (Å²) in [5, 5.41) is 0. The average molecular weight is 262 g/mol. The van der Waals surface area contributed by atoms with Gasteiger partial charge in [-0.1, -0.05) is 30.3 Å². The number of imidazole rings is 2. The standard InChI is InChI=1S/C17H16N3/c1-13-7-3-4-8-14(13)19-11-12-20-16-10-6-5-9-15(16)18(2)17(19)20/h3-12H,1-2H3/q+1. The maximum atomic E-state index is 2.25. The first kappa shape index (κ1) is 11.3. The van der Waals surface area contributed by atoms with Gasteiger partial charge in [-0.3, -0.25) is 0 Å². The van der Waals surface area contributed by atoms with E-state index in [4.69, 9.17) is 0 Å². The van der Waals surface area contributed by atoms with Crippen LogP contribution < -0.4 is 4.57 Å². The quantitative estimate of drug-likeness (QED) is 0.468. The molecule has 0 aliphatic carbocycles. The fourth-order valence-electron chi connectivity index (χ4n) is 2.97. The Morgan fingerprint density at radius 1 is 0.900 bits per heavy atom. The second-order valence-corrected chi connectivity index (χ2v) is 5.17. The molecule has 2 aromatic carbocycles. The summed E-state index contributed by atoms with van der Waals surface area (Å²) < 4.78 is 6.72. The van der Waals surface area contributed by atoms with Crippen molar-refractivity contribution >= 4 is 16.8 Å². The fraction of sp³-hybridized carbons (Fsp3) is 0.118. The Labute approximate surface area is 117 Å². The molecule has 0 bridgehead atoms. The highest BCUT2D eigenvalue weighted by atomic mass is 15.2. The highest BCUT2D eigenvalue weighted by Gasteiger charge is 2.20. The number of rotatable bonds is 1. The van der Waals surface area contributed by atoms with Gasteiger partial charge in [0.05, 0.1) is 7.05 Å². The van der Waals surface area contributed by atoms with Crippen LogP contribution in [0.5, 0.6) is 0 Å². The summed E-state index contributed by atoms with van der Waals surface area (Å²) in [6.45, 7) is 2.15. The summed E-state index contributed by atoms with van der Waals surface area (Å²) in [5.41, 5.74) is 4.97. The molecule has 0 saturated heterocycles. The number of benzene rings is 2. The highest BCUT2D eigenvalue weighted by molar-refractivity contribution is 5.75. The van der Waals surface area contributed by atoms with E-state index in [9.17, 15) is 0 Å². The van der Waals surface area contributed by atoms with E-state index in [2.05, 4.69) is 88.4 Å². The predicted molar refractivity (Wildman–Crippen MR) is 80.1 cm³/mol. The molecule has 0 aliphatic heterocycles. The second kappa shape index (κ2) is 3.97. The molecule has 0 atom stereocenters. The van der Waals surface area contributed by atoms with Crippen LogP contribution >= 0.6 is 0 Å². The van der Waals surface area contributed by atoms with E-state index in [0.29, 0.717) is 0 Å². The average Bonchev–Trinajstić information content (AvgIpc) is 3.01. The van der Waals surface area contributed by atoms with Gasteiger partial charge in [0, 0.05) is 0 Å². The number of aryl methyl sites for hydroxylation is 2. The van der Waals surface area contributed by atoms with Crippen LogP contribution in [0.4, 0.5) is 0 Å². The van der Waals surface area contributed by atoms with Gasteiger partial charge in [0.1, 0.15) is 29.1 Å². The van der Waals surface area contributed by atoms with Crippen LogP contribution in [-0.4, -0.2) is 8.97 Å². The lowest BCUT2D eigenvalue weighted by Gasteiger charge is -2.02. The fourth-order valence-corrected chi connectivity index (χ4v) is 2.97. The summed E-state index contributed by atoms with van der Waals surface area (Å²) in [4.78, 5) is 0. The van der Waals surface area contributed by atoms with Crippen molar-refractivity contribution in [1.29, 1.82) is 0 Å². The van der Waals surface area contributed by atoms with E-state index in [-0.39, 0.29) is 0 Å². The zero-order chi connectivity index (χ0) is 13.7. The Kier molecular flexibility index (Phi) is 2.24. The van der Waals surface area contributed by atoms with Gasteiger partial charge >= 0.3 is 5.78 Å². The van der Waals surface area contributed by atoms with Crippen molar-refractivity contribution in [1.82, 2.24) is 8.97 Å².